The van der Waals surface area contributed by atoms with Crippen molar-refractivity contribution in [3.05, 3.63) is 0 Å². The molecule has 0 aromatic rings. The molecule has 0 N–H and O–H groups in total. The normalized spacial score (nSPS) is 16.4. The fourth-order valence-corrected chi connectivity index (χ4v) is 2.71. The van der Waals surface area contributed by atoms with Crippen molar-refractivity contribution in [2.75, 3.05) is 19.0 Å². The van der Waals surface area contributed by atoms with Crippen LogP contribution >= 0.6 is 11.6 Å². The molecule has 0 aliphatic heterocycles. The first kappa shape index (κ1) is 15.3. The Morgan fingerprint density at radius 1 is 0.941 bits per heavy atom. The summed E-state index contributed by atoms with van der Waals surface area (Å²) in [4.78, 5) is 2.70. The molecule has 0 spiro atoms. The van der Waals surface area contributed by atoms with Crippen LogP contribution in [0, 0.1) is 0 Å². The van der Waals surface area contributed by atoms with Crippen LogP contribution in [0.15, 0.2) is 0 Å². The van der Waals surface area contributed by atoms with Crippen molar-refractivity contribution in [3.63, 3.8) is 0 Å². The molecule has 1 aliphatic carbocycles. The zero-order valence-corrected chi connectivity index (χ0v) is 12.4. The molecular formula is C15H30ClN. The second-order valence-corrected chi connectivity index (χ2v) is 5.81. The maximum Gasteiger partial charge on any atom is 0.0235 e. The Hall–Kier alpha value is 0.250. The largest absolute Gasteiger partial charge is 0.300 e. The van der Waals surface area contributed by atoms with E-state index < -0.39 is 0 Å². The molecule has 17 heavy (non-hydrogen) atoms. The molecule has 0 radical (unpaired) electrons. The van der Waals surface area contributed by atoms with Crippen LogP contribution in [0.2, 0.25) is 0 Å². The van der Waals surface area contributed by atoms with Gasteiger partial charge in [-0.1, -0.05) is 45.4 Å². The van der Waals surface area contributed by atoms with Gasteiger partial charge in [0.05, 0.1) is 0 Å². The van der Waals surface area contributed by atoms with Crippen LogP contribution in [0.4, 0.5) is 0 Å². The molecule has 2 heteroatoms. The van der Waals surface area contributed by atoms with Gasteiger partial charge in [-0.15, -0.1) is 11.6 Å². The van der Waals surface area contributed by atoms with E-state index in [-0.39, 0.29) is 0 Å². The molecule has 1 aliphatic rings. The van der Waals surface area contributed by atoms with Crippen molar-refractivity contribution in [1.82, 2.24) is 4.90 Å². The first-order chi connectivity index (χ1) is 8.38. The molecule has 1 saturated carbocycles. The zero-order chi connectivity index (χ0) is 12.3. The molecule has 0 bridgehead atoms. The Morgan fingerprint density at radius 3 is 2.18 bits per heavy atom. The third kappa shape index (κ3) is 6.67. The van der Waals surface area contributed by atoms with Gasteiger partial charge in [0.1, 0.15) is 0 Å². The van der Waals surface area contributed by atoms with E-state index in [1.807, 2.05) is 0 Å². The van der Waals surface area contributed by atoms with Gasteiger partial charge in [-0.3, -0.25) is 0 Å². The van der Waals surface area contributed by atoms with Gasteiger partial charge in [0.15, 0.2) is 0 Å². The molecule has 1 nitrogen and oxygen atoms in total. The smallest absolute Gasteiger partial charge is 0.0235 e. The minimum absolute atomic E-state index is 0.819. The van der Waals surface area contributed by atoms with Crippen molar-refractivity contribution in [2.45, 2.75) is 77.2 Å². The number of nitrogens with zero attached hydrogens (tertiary/aromatic N) is 1. The maximum atomic E-state index is 5.80. The van der Waals surface area contributed by atoms with Gasteiger partial charge in [0.2, 0.25) is 0 Å². The van der Waals surface area contributed by atoms with E-state index in [9.17, 15) is 0 Å². The fraction of sp³-hybridized carbons (Fsp3) is 1.00. The third-order valence-electron chi connectivity index (χ3n) is 3.97. The molecule has 1 rings (SSSR count). The summed E-state index contributed by atoms with van der Waals surface area (Å²) >= 11 is 5.80. The van der Waals surface area contributed by atoms with Crippen molar-refractivity contribution in [2.24, 2.45) is 0 Å². The predicted octanol–water partition coefficient (Wildman–Crippen LogP) is 4.83. The van der Waals surface area contributed by atoms with Crippen LogP contribution in [0.25, 0.3) is 0 Å². The summed E-state index contributed by atoms with van der Waals surface area (Å²) in [7, 11) is 0. The first-order valence-electron chi connectivity index (χ1n) is 7.68. The van der Waals surface area contributed by atoms with Crippen LogP contribution in [-0.4, -0.2) is 29.9 Å². The second-order valence-electron chi connectivity index (χ2n) is 5.43. The van der Waals surface area contributed by atoms with Crippen molar-refractivity contribution in [3.8, 4) is 0 Å². The van der Waals surface area contributed by atoms with E-state index in [2.05, 4.69) is 11.8 Å². The SMILES string of the molecule is CCCCCCCCN(CCCCl)C1CCC1. The van der Waals surface area contributed by atoms with Gasteiger partial charge >= 0.3 is 0 Å². The van der Waals surface area contributed by atoms with Gasteiger partial charge in [0, 0.05) is 11.9 Å². The van der Waals surface area contributed by atoms with Crippen LogP contribution in [0.1, 0.15) is 71.1 Å². The van der Waals surface area contributed by atoms with E-state index in [4.69, 9.17) is 11.6 Å². The Morgan fingerprint density at radius 2 is 1.59 bits per heavy atom. The lowest BCUT2D eigenvalue weighted by Gasteiger charge is -2.37. The molecular weight excluding hydrogens is 230 g/mol. The lowest BCUT2D eigenvalue weighted by Crippen LogP contribution is -2.41. The third-order valence-corrected chi connectivity index (χ3v) is 4.24. The minimum Gasteiger partial charge on any atom is -0.300 e. The zero-order valence-electron chi connectivity index (χ0n) is 11.6. The highest BCUT2D eigenvalue weighted by Gasteiger charge is 2.23. The maximum absolute atomic E-state index is 5.80. The summed E-state index contributed by atoms with van der Waals surface area (Å²) in [6.45, 7) is 4.82. The Balaban J connectivity index is 2.02. The van der Waals surface area contributed by atoms with Crippen molar-refractivity contribution in [1.29, 1.82) is 0 Å². The number of unbranched alkanes of at least 4 members (excludes halogenated alkanes) is 5. The first-order valence-corrected chi connectivity index (χ1v) is 8.22. The van der Waals surface area contributed by atoms with Crippen LogP contribution in [-0.2, 0) is 0 Å². The number of halogens is 1. The van der Waals surface area contributed by atoms with E-state index in [0.29, 0.717) is 0 Å². The van der Waals surface area contributed by atoms with Gasteiger partial charge in [-0.25, -0.2) is 0 Å². The Kier molecular flexibility index (Phi) is 9.18. The highest BCUT2D eigenvalue weighted by molar-refractivity contribution is 6.17. The monoisotopic (exact) mass is 259 g/mol. The molecule has 0 atom stereocenters. The highest BCUT2D eigenvalue weighted by Crippen LogP contribution is 2.25. The topological polar surface area (TPSA) is 3.24 Å². The molecule has 0 heterocycles. The molecule has 0 unspecified atom stereocenters. The number of hydrogen-bond donors (Lipinski definition) is 0. The molecule has 102 valence electrons. The average Bonchev–Trinajstić information content (AvgIpc) is 2.27. The fourth-order valence-electron chi connectivity index (χ4n) is 2.59. The van der Waals surface area contributed by atoms with Crippen LogP contribution in [0.5, 0.6) is 0 Å². The summed E-state index contributed by atoms with van der Waals surface area (Å²) in [5.74, 6) is 0.819. The second kappa shape index (κ2) is 10.2. The number of hydrogen-bond acceptors (Lipinski definition) is 1. The Bertz CT molecular complexity index is 168. The minimum atomic E-state index is 0.819. The molecule has 0 aromatic carbocycles. The van der Waals surface area contributed by atoms with Gasteiger partial charge in [-0.2, -0.15) is 0 Å². The summed E-state index contributed by atoms with van der Waals surface area (Å²) in [5, 5.41) is 0. The molecule has 0 amide bonds. The number of rotatable bonds is 11. The summed E-state index contributed by atoms with van der Waals surface area (Å²) in [5.41, 5.74) is 0. The quantitative estimate of drug-likeness (QED) is 0.379. The van der Waals surface area contributed by atoms with E-state index in [1.165, 1.54) is 70.9 Å². The van der Waals surface area contributed by atoms with Crippen molar-refractivity contribution < 1.29 is 0 Å². The van der Waals surface area contributed by atoms with Crippen LogP contribution < -0.4 is 0 Å². The van der Waals surface area contributed by atoms with Gasteiger partial charge in [-0.05, 0) is 38.8 Å². The predicted molar refractivity (Wildman–Crippen MR) is 77.9 cm³/mol. The van der Waals surface area contributed by atoms with Crippen LogP contribution in [0.3, 0.4) is 0 Å². The summed E-state index contributed by atoms with van der Waals surface area (Å²) < 4.78 is 0. The Labute approximate surface area is 113 Å². The lowest BCUT2D eigenvalue weighted by molar-refractivity contribution is 0.125. The average molecular weight is 260 g/mol. The molecule has 1 fully saturated rings. The van der Waals surface area contributed by atoms with Crippen molar-refractivity contribution >= 4 is 11.6 Å². The van der Waals surface area contributed by atoms with E-state index in [0.717, 1.165) is 18.3 Å². The number of alkyl halides is 1. The highest BCUT2D eigenvalue weighted by atomic mass is 35.5. The van der Waals surface area contributed by atoms with Gasteiger partial charge in [0.25, 0.3) is 0 Å². The molecule has 0 aromatic heterocycles. The summed E-state index contributed by atoms with van der Waals surface area (Å²) in [6, 6.07) is 0.897. The van der Waals surface area contributed by atoms with E-state index in [1.54, 1.807) is 0 Å². The van der Waals surface area contributed by atoms with E-state index >= 15 is 0 Å². The lowest BCUT2D eigenvalue weighted by atomic mass is 9.91. The summed E-state index contributed by atoms with van der Waals surface area (Å²) in [6.07, 6.45) is 13.9. The standard InChI is InChI=1S/C15H30ClN/c1-2-3-4-5-6-7-13-17(14-9-12-16)15-10-8-11-15/h15H,2-14H2,1H3. The molecule has 0 saturated heterocycles. The van der Waals surface area contributed by atoms with Gasteiger partial charge < -0.3 is 4.90 Å².